The van der Waals surface area contributed by atoms with Gasteiger partial charge in [0, 0.05) is 50.6 Å². The average molecular weight is 433 g/mol. The number of nitrogens with zero attached hydrogens (tertiary/aromatic N) is 2. The summed E-state index contributed by atoms with van der Waals surface area (Å²) in [6.07, 6.45) is 1.37. The third kappa shape index (κ3) is 4.31. The number of aryl methyl sites for hydroxylation is 1. The number of carbonyl (C=O) groups excluding carboxylic acids is 2. The van der Waals surface area contributed by atoms with Crippen LogP contribution in [0.5, 0.6) is 0 Å². The number of hydrogen-bond acceptors (Lipinski definition) is 3. The fourth-order valence-corrected chi connectivity index (χ4v) is 4.97. The molecule has 2 aromatic rings. The number of aromatic amines is 1. The van der Waals surface area contributed by atoms with E-state index in [0.29, 0.717) is 42.4 Å². The number of likely N-dealkylation sites (tertiary alicyclic amines) is 1. The van der Waals surface area contributed by atoms with Crippen LogP contribution in [-0.4, -0.2) is 71.0 Å². The molecular weight excluding hydrogens is 402 g/mol. The number of hydrogen-bond donors (Lipinski definition) is 2. The highest BCUT2D eigenvalue weighted by Gasteiger charge is 2.39. The minimum Gasteiger partial charge on any atom is -0.350 e. The van der Waals surface area contributed by atoms with Crippen molar-refractivity contribution in [2.45, 2.75) is 63.8 Å². The SMILES string of the molecule is CC(=O)N(C)[C@H]1CCN([C@@H]2C[C@H](NC(=O)c3cc4c(F)ccc(C)c4[nH]3)CC[C@H]2F)C1. The number of benzene rings is 1. The van der Waals surface area contributed by atoms with Crippen molar-refractivity contribution in [3.8, 4) is 0 Å². The number of nitrogens with one attached hydrogen (secondary N) is 2. The van der Waals surface area contributed by atoms with Crippen LogP contribution in [0.4, 0.5) is 8.78 Å². The predicted molar refractivity (Wildman–Crippen MR) is 115 cm³/mol. The largest absolute Gasteiger partial charge is 0.350 e. The Balaban J connectivity index is 1.42. The highest BCUT2D eigenvalue weighted by Crippen LogP contribution is 2.30. The molecule has 31 heavy (non-hydrogen) atoms. The van der Waals surface area contributed by atoms with Gasteiger partial charge in [-0.05, 0) is 50.3 Å². The van der Waals surface area contributed by atoms with E-state index in [0.717, 1.165) is 18.5 Å². The minimum absolute atomic E-state index is 0.0161. The van der Waals surface area contributed by atoms with E-state index in [1.165, 1.54) is 12.1 Å². The molecule has 2 amide bonds. The van der Waals surface area contributed by atoms with E-state index in [1.54, 1.807) is 24.9 Å². The number of halogens is 2. The van der Waals surface area contributed by atoms with Crippen molar-refractivity contribution in [1.82, 2.24) is 20.1 Å². The first kappa shape index (κ1) is 21.7. The molecule has 4 atom stereocenters. The van der Waals surface area contributed by atoms with E-state index in [2.05, 4.69) is 15.2 Å². The smallest absolute Gasteiger partial charge is 0.267 e. The Labute approximate surface area is 181 Å². The molecule has 2 N–H and O–H groups in total. The van der Waals surface area contributed by atoms with Crippen LogP contribution in [-0.2, 0) is 4.79 Å². The molecule has 2 heterocycles. The van der Waals surface area contributed by atoms with Crippen molar-refractivity contribution in [3.05, 3.63) is 35.3 Å². The summed E-state index contributed by atoms with van der Waals surface area (Å²) >= 11 is 0. The quantitative estimate of drug-likeness (QED) is 0.780. The summed E-state index contributed by atoms with van der Waals surface area (Å²) in [7, 11) is 1.79. The van der Waals surface area contributed by atoms with E-state index in [9.17, 15) is 18.4 Å². The van der Waals surface area contributed by atoms with E-state index in [4.69, 9.17) is 0 Å². The van der Waals surface area contributed by atoms with Crippen molar-refractivity contribution in [1.29, 1.82) is 0 Å². The maximum atomic E-state index is 14.8. The molecule has 1 aliphatic heterocycles. The molecule has 0 bridgehead atoms. The van der Waals surface area contributed by atoms with Gasteiger partial charge in [-0.25, -0.2) is 8.78 Å². The van der Waals surface area contributed by atoms with Gasteiger partial charge >= 0.3 is 0 Å². The van der Waals surface area contributed by atoms with E-state index < -0.39 is 6.17 Å². The predicted octanol–water partition coefficient (Wildman–Crippen LogP) is 3.16. The number of fused-ring (bicyclic) bond motifs is 1. The number of rotatable bonds is 4. The molecule has 1 saturated carbocycles. The number of alkyl halides is 1. The zero-order chi connectivity index (χ0) is 22.3. The first-order valence-corrected chi connectivity index (χ1v) is 10.9. The molecule has 4 rings (SSSR count). The maximum absolute atomic E-state index is 14.8. The topological polar surface area (TPSA) is 68.4 Å². The second-order valence-electron chi connectivity index (χ2n) is 8.97. The van der Waals surface area contributed by atoms with Gasteiger partial charge < -0.3 is 15.2 Å². The van der Waals surface area contributed by atoms with Gasteiger partial charge in [-0.3, -0.25) is 14.5 Å². The van der Waals surface area contributed by atoms with Crippen molar-refractivity contribution in [3.63, 3.8) is 0 Å². The van der Waals surface area contributed by atoms with Crippen LogP contribution in [0, 0.1) is 12.7 Å². The summed E-state index contributed by atoms with van der Waals surface area (Å²) in [6, 6.07) is 4.29. The molecule has 0 spiro atoms. The molecular formula is C23H30F2N4O2. The molecule has 1 aromatic carbocycles. The van der Waals surface area contributed by atoms with Gasteiger partial charge in [0.2, 0.25) is 5.91 Å². The van der Waals surface area contributed by atoms with E-state index in [-0.39, 0.29) is 35.8 Å². The molecule has 0 radical (unpaired) electrons. The lowest BCUT2D eigenvalue weighted by atomic mass is 9.88. The Bertz CT molecular complexity index is 952. The lowest BCUT2D eigenvalue weighted by molar-refractivity contribution is -0.129. The third-order valence-electron chi connectivity index (χ3n) is 6.97. The second-order valence-corrected chi connectivity index (χ2v) is 8.97. The maximum Gasteiger partial charge on any atom is 0.267 e. The second kappa shape index (κ2) is 8.57. The molecule has 0 unspecified atom stereocenters. The Morgan fingerprint density at radius 2 is 2.03 bits per heavy atom. The summed E-state index contributed by atoms with van der Waals surface area (Å²) in [5, 5.41) is 3.41. The van der Waals surface area contributed by atoms with Crippen LogP contribution in [0.15, 0.2) is 18.2 Å². The normalized spacial score (nSPS) is 26.9. The van der Waals surface area contributed by atoms with Crippen LogP contribution in [0.1, 0.15) is 48.7 Å². The van der Waals surface area contributed by atoms with Gasteiger partial charge in [-0.2, -0.15) is 0 Å². The molecule has 1 aromatic heterocycles. The van der Waals surface area contributed by atoms with Gasteiger partial charge in [-0.1, -0.05) is 6.07 Å². The van der Waals surface area contributed by atoms with Crippen molar-refractivity contribution >= 4 is 22.7 Å². The monoisotopic (exact) mass is 432 g/mol. The molecule has 1 aliphatic carbocycles. The third-order valence-corrected chi connectivity index (χ3v) is 6.97. The highest BCUT2D eigenvalue weighted by atomic mass is 19.1. The fourth-order valence-electron chi connectivity index (χ4n) is 4.97. The van der Waals surface area contributed by atoms with Crippen molar-refractivity contribution in [2.75, 3.05) is 20.1 Å². The van der Waals surface area contributed by atoms with Gasteiger partial charge in [-0.15, -0.1) is 0 Å². The molecule has 6 nitrogen and oxygen atoms in total. The molecule has 168 valence electrons. The minimum atomic E-state index is -0.945. The first-order chi connectivity index (χ1) is 14.7. The lowest BCUT2D eigenvalue weighted by Crippen LogP contribution is -2.51. The average Bonchev–Trinajstić information content (AvgIpc) is 3.40. The van der Waals surface area contributed by atoms with E-state index >= 15 is 0 Å². The number of aromatic nitrogens is 1. The first-order valence-electron chi connectivity index (χ1n) is 10.9. The van der Waals surface area contributed by atoms with Crippen LogP contribution >= 0.6 is 0 Å². The van der Waals surface area contributed by atoms with Gasteiger partial charge in [0.25, 0.3) is 5.91 Å². The Morgan fingerprint density at radius 1 is 1.26 bits per heavy atom. The zero-order valence-corrected chi connectivity index (χ0v) is 18.3. The standard InChI is InChI=1S/C23H30F2N4O2/c1-13-4-6-18(24)17-11-20(27-22(13)17)23(31)26-15-5-7-19(25)21(10-15)29-9-8-16(12-29)28(3)14(2)30/h4,6,11,15-16,19,21,27H,5,7-10,12H2,1-3H3,(H,26,31)/t15-,16+,19-,21-/m1/s1. The number of H-pyrrole nitrogens is 1. The summed E-state index contributed by atoms with van der Waals surface area (Å²) in [5.41, 5.74) is 1.80. The van der Waals surface area contributed by atoms with Crippen LogP contribution in [0.3, 0.4) is 0 Å². The fraction of sp³-hybridized carbons (Fsp3) is 0.565. The molecule has 8 heteroatoms. The van der Waals surface area contributed by atoms with Crippen LogP contribution in [0.25, 0.3) is 10.9 Å². The summed E-state index contributed by atoms with van der Waals surface area (Å²) in [5.74, 6) is -0.651. The Morgan fingerprint density at radius 3 is 2.74 bits per heavy atom. The lowest BCUT2D eigenvalue weighted by Gasteiger charge is -2.38. The zero-order valence-electron chi connectivity index (χ0n) is 18.3. The molecule has 2 aliphatic rings. The summed E-state index contributed by atoms with van der Waals surface area (Å²) in [4.78, 5) is 31.3. The number of likely N-dealkylation sites (N-methyl/N-ethyl adjacent to an activating group) is 1. The Hall–Kier alpha value is -2.48. The van der Waals surface area contributed by atoms with Crippen LogP contribution in [0.2, 0.25) is 0 Å². The highest BCUT2D eigenvalue weighted by molar-refractivity contribution is 5.99. The molecule has 1 saturated heterocycles. The van der Waals surface area contributed by atoms with Crippen LogP contribution < -0.4 is 5.32 Å². The number of carbonyl (C=O) groups is 2. The van der Waals surface area contributed by atoms with E-state index in [1.807, 2.05) is 6.92 Å². The van der Waals surface area contributed by atoms with Gasteiger partial charge in [0.05, 0.1) is 5.52 Å². The van der Waals surface area contributed by atoms with Crippen molar-refractivity contribution in [2.24, 2.45) is 0 Å². The summed E-state index contributed by atoms with van der Waals surface area (Å²) < 4.78 is 28.8. The van der Waals surface area contributed by atoms with Crippen molar-refractivity contribution < 1.29 is 18.4 Å². The van der Waals surface area contributed by atoms with Gasteiger partial charge in [0.1, 0.15) is 17.7 Å². The molecule has 2 fully saturated rings. The van der Waals surface area contributed by atoms with Gasteiger partial charge in [0.15, 0.2) is 0 Å². The number of amides is 2. The summed E-state index contributed by atoms with van der Waals surface area (Å²) in [6.45, 7) is 4.81. The Kier molecular flexibility index (Phi) is 6.01.